The van der Waals surface area contributed by atoms with Gasteiger partial charge in [-0.3, -0.25) is 19.7 Å². The highest BCUT2D eigenvalue weighted by atomic mass is 32.2. The third kappa shape index (κ3) is 7.60. The monoisotopic (exact) mass is 469 g/mol. The number of carbonyl (C=O) groups excluding carboxylic acids is 2. The molecule has 0 saturated heterocycles. The molecule has 1 atom stereocenters. The summed E-state index contributed by atoms with van der Waals surface area (Å²) in [6, 6.07) is 15.7. The second-order valence-electron chi connectivity index (χ2n) is 8.44. The summed E-state index contributed by atoms with van der Waals surface area (Å²) in [5.41, 5.74) is 1.94. The Bertz CT molecular complexity index is 930. The van der Waals surface area contributed by atoms with Crippen LogP contribution in [0, 0.1) is 10.1 Å². The van der Waals surface area contributed by atoms with E-state index in [1.807, 2.05) is 30.3 Å². The zero-order chi connectivity index (χ0) is 23.6. The van der Waals surface area contributed by atoms with Crippen LogP contribution in [-0.2, 0) is 21.9 Å². The molecule has 0 radical (unpaired) electrons. The first-order chi connectivity index (χ1) is 15.9. The van der Waals surface area contributed by atoms with Gasteiger partial charge in [0, 0.05) is 30.5 Å². The van der Waals surface area contributed by atoms with E-state index in [1.165, 1.54) is 30.3 Å². The second-order valence-corrected chi connectivity index (χ2v) is 9.43. The van der Waals surface area contributed by atoms with E-state index in [2.05, 4.69) is 5.32 Å². The van der Waals surface area contributed by atoms with Crippen LogP contribution in [0.25, 0.3) is 0 Å². The molecule has 0 aliphatic heterocycles. The number of carbonyl (C=O) groups is 2. The lowest BCUT2D eigenvalue weighted by Crippen LogP contribution is -2.50. The number of nitrogens with one attached hydrogen (secondary N) is 1. The molecule has 3 rings (SSSR count). The minimum absolute atomic E-state index is 0.0478. The first-order valence-corrected chi connectivity index (χ1v) is 12.5. The summed E-state index contributed by atoms with van der Waals surface area (Å²) in [6.45, 7) is 2.16. The van der Waals surface area contributed by atoms with Gasteiger partial charge in [-0.05, 0) is 30.9 Å². The van der Waals surface area contributed by atoms with Crippen molar-refractivity contribution in [2.75, 3.05) is 5.75 Å². The number of amides is 2. The number of benzene rings is 2. The Morgan fingerprint density at radius 2 is 1.73 bits per heavy atom. The maximum atomic E-state index is 13.2. The van der Waals surface area contributed by atoms with Crippen LogP contribution in [0.2, 0.25) is 0 Å². The summed E-state index contributed by atoms with van der Waals surface area (Å²) in [4.78, 5) is 38.1. The number of hydrogen-bond donors (Lipinski definition) is 1. The summed E-state index contributed by atoms with van der Waals surface area (Å²) in [7, 11) is 0. The average molecular weight is 470 g/mol. The topological polar surface area (TPSA) is 92.6 Å². The molecule has 1 aliphatic rings. The molecule has 0 heterocycles. The molecule has 0 spiro atoms. The summed E-state index contributed by atoms with van der Waals surface area (Å²) in [5.74, 6) is 0.583. The van der Waals surface area contributed by atoms with Crippen LogP contribution < -0.4 is 5.32 Å². The fourth-order valence-corrected chi connectivity index (χ4v) is 4.86. The average Bonchev–Trinajstić information content (AvgIpc) is 2.83. The standard InChI is InChI=1S/C25H31N3O4S/c1-19(25(30)26-22-10-6-3-7-11-22)27(16-20-8-4-2-5-9-20)24(29)18-33-17-21-12-14-23(15-13-21)28(31)32/h2,4-5,8-9,12-15,19,22H,3,6-7,10-11,16-18H2,1H3,(H,26,30). The van der Waals surface area contributed by atoms with Crippen molar-refractivity contribution < 1.29 is 14.5 Å². The molecular formula is C25H31N3O4S. The third-order valence-corrected chi connectivity index (χ3v) is 6.94. The fourth-order valence-electron chi connectivity index (χ4n) is 3.98. The Hall–Kier alpha value is -2.87. The van der Waals surface area contributed by atoms with Gasteiger partial charge in [0.25, 0.3) is 5.69 Å². The van der Waals surface area contributed by atoms with Crippen LogP contribution >= 0.6 is 11.8 Å². The van der Waals surface area contributed by atoms with Crippen molar-refractivity contribution in [3.05, 3.63) is 75.8 Å². The summed E-state index contributed by atoms with van der Waals surface area (Å²) < 4.78 is 0. The number of thioether (sulfide) groups is 1. The van der Waals surface area contributed by atoms with Gasteiger partial charge in [-0.1, -0.05) is 61.7 Å². The quantitative estimate of drug-likeness (QED) is 0.402. The number of nitro benzene ring substituents is 1. The minimum atomic E-state index is -0.570. The van der Waals surface area contributed by atoms with Gasteiger partial charge >= 0.3 is 0 Å². The Balaban J connectivity index is 1.61. The predicted molar refractivity (Wildman–Crippen MR) is 131 cm³/mol. The highest BCUT2D eigenvalue weighted by Crippen LogP contribution is 2.20. The summed E-state index contributed by atoms with van der Waals surface area (Å²) in [6.07, 6.45) is 5.47. The Morgan fingerprint density at radius 3 is 2.36 bits per heavy atom. The number of non-ortho nitro benzene ring substituents is 1. The largest absolute Gasteiger partial charge is 0.352 e. The first-order valence-electron chi connectivity index (χ1n) is 11.4. The molecule has 2 amide bonds. The van der Waals surface area contributed by atoms with Gasteiger partial charge in [-0.2, -0.15) is 0 Å². The maximum absolute atomic E-state index is 13.2. The normalized spacial score (nSPS) is 14.9. The van der Waals surface area contributed by atoms with Crippen molar-refractivity contribution in [2.24, 2.45) is 0 Å². The Kier molecular flexibility index (Phi) is 9.30. The van der Waals surface area contributed by atoms with Crippen LogP contribution in [-0.4, -0.2) is 39.5 Å². The summed E-state index contributed by atoms with van der Waals surface area (Å²) in [5, 5.41) is 13.9. The Labute approximate surface area is 199 Å². The molecule has 176 valence electrons. The predicted octanol–water partition coefficient (Wildman–Crippen LogP) is 4.69. The van der Waals surface area contributed by atoms with E-state index in [4.69, 9.17) is 0 Å². The molecule has 0 aromatic heterocycles. The zero-order valence-electron chi connectivity index (χ0n) is 18.9. The number of nitro groups is 1. The number of nitrogens with zero attached hydrogens (tertiary/aromatic N) is 2. The molecule has 8 heteroatoms. The van der Waals surface area contributed by atoms with Crippen LogP contribution in [0.1, 0.15) is 50.2 Å². The van der Waals surface area contributed by atoms with E-state index in [0.717, 1.165) is 36.8 Å². The molecule has 1 N–H and O–H groups in total. The van der Waals surface area contributed by atoms with Crippen LogP contribution in [0.15, 0.2) is 54.6 Å². The van der Waals surface area contributed by atoms with Crippen molar-refractivity contribution in [1.82, 2.24) is 10.2 Å². The van der Waals surface area contributed by atoms with E-state index >= 15 is 0 Å². The lowest BCUT2D eigenvalue weighted by molar-refractivity contribution is -0.384. The fraction of sp³-hybridized carbons (Fsp3) is 0.440. The van der Waals surface area contributed by atoms with Crippen molar-refractivity contribution in [3.8, 4) is 0 Å². The zero-order valence-corrected chi connectivity index (χ0v) is 19.8. The Morgan fingerprint density at radius 1 is 1.06 bits per heavy atom. The van der Waals surface area contributed by atoms with E-state index in [-0.39, 0.29) is 29.3 Å². The smallest absolute Gasteiger partial charge is 0.269 e. The van der Waals surface area contributed by atoms with Gasteiger partial charge < -0.3 is 10.2 Å². The maximum Gasteiger partial charge on any atom is 0.269 e. The lowest BCUT2D eigenvalue weighted by Gasteiger charge is -2.31. The third-order valence-electron chi connectivity index (χ3n) is 5.96. The molecular weight excluding hydrogens is 438 g/mol. The molecule has 0 bridgehead atoms. The van der Waals surface area contributed by atoms with Gasteiger partial charge in [0.05, 0.1) is 10.7 Å². The van der Waals surface area contributed by atoms with Crippen molar-refractivity contribution in [1.29, 1.82) is 0 Å². The van der Waals surface area contributed by atoms with E-state index in [0.29, 0.717) is 12.3 Å². The highest BCUT2D eigenvalue weighted by Gasteiger charge is 2.28. The van der Waals surface area contributed by atoms with Crippen LogP contribution in [0.3, 0.4) is 0 Å². The first kappa shape index (κ1) is 24.8. The molecule has 7 nitrogen and oxygen atoms in total. The number of hydrogen-bond acceptors (Lipinski definition) is 5. The lowest BCUT2D eigenvalue weighted by atomic mass is 9.95. The van der Waals surface area contributed by atoms with Crippen molar-refractivity contribution in [2.45, 2.75) is 63.4 Å². The van der Waals surface area contributed by atoms with Crippen molar-refractivity contribution >= 4 is 29.3 Å². The molecule has 1 unspecified atom stereocenters. The molecule has 2 aromatic carbocycles. The van der Waals surface area contributed by atoms with E-state index in [9.17, 15) is 19.7 Å². The van der Waals surface area contributed by atoms with E-state index in [1.54, 1.807) is 24.0 Å². The van der Waals surface area contributed by atoms with Crippen LogP contribution in [0.4, 0.5) is 5.69 Å². The van der Waals surface area contributed by atoms with Crippen LogP contribution in [0.5, 0.6) is 0 Å². The van der Waals surface area contributed by atoms with Gasteiger partial charge in [0.15, 0.2) is 0 Å². The number of rotatable bonds is 10. The summed E-state index contributed by atoms with van der Waals surface area (Å²) >= 11 is 1.44. The minimum Gasteiger partial charge on any atom is -0.352 e. The molecule has 1 fully saturated rings. The van der Waals surface area contributed by atoms with Gasteiger partial charge in [-0.15, -0.1) is 11.8 Å². The second kappa shape index (κ2) is 12.4. The van der Waals surface area contributed by atoms with Gasteiger partial charge in [0.1, 0.15) is 6.04 Å². The van der Waals surface area contributed by atoms with E-state index < -0.39 is 11.0 Å². The molecule has 33 heavy (non-hydrogen) atoms. The van der Waals surface area contributed by atoms with Gasteiger partial charge in [-0.25, -0.2) is 0 Å². The van der Waals surface area contributed by atoms with Gasteiger partial charge in [0.2, 0.25) is 11.8 Å². The molecule has 2 aromatic rings. The molecule has 1 saturated carbocycles. The molecule has 1 aliphatic carbocycles. The highest BCUT2D eigenvalue weighted by molar-refractivity contribution is 7.99. The SMILES string of the molecule is CC(C(=O)NC1CCCCC1)N(Cc1ccccc1)C(=O)CSCc1ccc([N+](=O)[O-])cc1. The van der Waals surface area contributed by atoms with Crippen molar-refractivity contribution in [3.63, 3.8) is 0 Å².